The standard InChI is InChI=1S/C20H20N2O3S/c1-24-17-4-2-3-5-18(17)25-15-8-10-22(11-9-15)20(23)14-6-7-16-19(12-14)26-13-21-16/h2-7,12-13,15H,8-11H2,1H3. The number of aromatic nitrogens is 1. The van der Waals surface area contributed by atoms with Crippen LogP contribution in [-0.4, -0.2) is 42.1 Å². The molecule has 0 N–H and O–H groups in total. The number of amides is 1. The molecule has 5 nitrogen and oxygen atoms in total. The first-order chi connectivity index (χ1) is 12.7. The van der Waals surface area contributed by atoms with Crippen LogP contribution in [0.2, 0.25) is 0 Å². The number of carbonyl (C=O) groups excluding carboxylic acids is 1. The van der Waals surface area contributed by atoms with Crippen molar-refractivity contribution >= 4 is 27.5 Å². The second-order valence-corrected chi connectivity index (χ2v) is 7.18. The summed E-state index contributed by atoms with van der Waals surface area (Å²) in [5.41, 5.74) is 3.47. The highest BCUT2D eigenvalue weighted by Crippen LogP contribution is 2.29. The fourth-order valence-corrected chi connectivity index (χ4v) is 3.96. The number of hydrogen-bond donors (Lipinski definition) is 0. The summed E-state index contributed by atoms with van der Waals surface area (Å²) in [7, 11) is 1.64. The smallest absolute Gasteiger partial charge is 0.253 e. The second kappa shape index (κ2) is 7.33. The third-order valence-corrected chi connectivity index (χ3v) is 5.46. The Labute approximate surface area is 156 Å². The molecule has 1 fully saturated rings. The molecule has 0 radical (unpaired) electrons. The first kappa shape index (κ1) is 16.8. The van der Waals surface area contributed by atoms with E-state index >= 15 is 0 Å². The summed E-state index contributed by atoms with van der Waals surface area (Å²) in [4.78, 5) is 18.9. The summed E-state index contributed by atoms with van der Waals surface area (Å²) in [6.45, 7) is 1.39. The molecule has 6 heteroatoms. The lowest BCUT2D eigenvalue weighted by Crippen LogP contribution is -2.41. The number of nitrogens with zero attached hydrogens (tertiary/aromatic N) is 2. The molecular weight excluding hydrogens is 348 g/mol. The van der Waals surface area contributed by atoms with Gasteiger partial charge in [-0.25, -0.2) is 4.98 Å². The summed E-state index contributed by atoms with van der Waals surface area (Å²) >= 11 is 1.56. The van der Waals surface area contributed by atoms with Crippen LogP contribution in [0.1, 0.15) is 23.2 Å². The van der Waals surface area contributed by atoms with Crippen LogP contribution < -0.4 is 9.47 Å². The fraction of sp³-hybridized carbons (Fsp3) is 0.300. The van der Waals surface area contributed by atoms with E-state index in [1.807, 2.05) is 47.4 Å². The van der Waals surface area contributed by atoms with Gasteiger partial charge in [-0.2, -0.15) is 0 Å². The molecular formula is C20H20N2O3S. The molecule has 0 aliphatic carbocycles. The summed E-state index contributed by atoms with van der Waals surface area (Å²) in [5, 5.41) is 0. The SMILES string of the molecule is COc1ccccc1OC1CCN(C(=O)c2ccc3ncsc3c2)CC1. The van der Waals surface area contributed by atoms with Gasteiger partial charge in [0.1, 0.15) is 6.10 Å². The summed E-state index contributed by atoms with van der Waals surface area (Å²) in [6, 6.07) is 13.4. The van der Waals surface area contributed by atoms with Crippen molar-refractivity contribution in [3.63, 3.8) is 0 Å². The molecule has 0 unspecified atom stereocenters. The molecule has 134 valence electrons. The zero-order valence-electron chi connectivity index (χ0n) is 14.6. The molecule has 1 amide bonds. The molecule has 1 aromatic heterocycles. The first-order valence-electron chi connectivity index (χ1n) is 8.67. The van der Waals surface area contributed by atoms with E-state index in [2.05, 4.69) is 4.98 Å². The number of benzene rings is 2. The highest BCUT2D eigenvalue weighted by atomic mass is 32.1. The van der Waals surface area contributed by atoms with Crippen molar-refractivity contribution in [1.29, 1.82) is 0 Å². The number of thiazole rings is 1. The Morgan fingerprint density at radius 3 is 2.69 bits per heavy atom. The Bertz CT molecular complexity index is 916. The van der Waals surface area contributed by atoms with Crippen molar-refractivity contribution in [3.05, 3.63) is 53.5 Å². The lowest BCUT2D eigenvalue weighted by Gasteiger charge is -2.32. The van der Waals surface area contributed by atoms with Crippen LogP contribution in [-0.2, 0) is 0 Å². The maximum absolute atomic E-state index is 12.8. The summed E-state index contributed by atoms with van der Waals surface area (Å²) in [5.74, 6) is 1.58. The van der Waals surface area contributed by atoms with E-state index in [0.717, 1.165) is 40.1 Å². The van der Waals surface area contributed by atoms with Crippen LogP contribution in [0.15, 0.2) is 48.0 Å². The van der Waals surface area contributed by atoms with Gasteiger partial charge in [0.05, 0.1) is 22.8 Å². The monoisotopic (exact) mass is 368 g/mol. The molecule has 2 aromatic carbocycles. The number of methoxy groups -OCH3 is 1. The van der Waals surface area contributed by atoms with Crippen molar-refractivity contribution in [1.82, 2.24) is 9.88 Å². The number of likely N-dealkylation sites (tertiary alicyclic amines) is 1. The van der Waals surface area contributed by atoms with Crippen LogP contribution in [0.3, 0.4) is 0 Å². The third kappa shape index (κ3) is 3.37. The molecule has 0 atom stereocenters. The summed E-state index contributed by atoms with van der Waals surface area (Å²) in [6.07, 6.45) is 1.72. The number of piperidine rings is 1. The van der Waals surface area contributed by atoms with E-state index in [4.69, 9.17) is 9.47 Å². The van der Waals surface area contributed by atoms with Crippen LogP contribution in [0, 0.1) is 0 Å². The Kier molecular flexibility index (Phi) is 4.75. The van der Waals surface area contributed by atoms with Crippen molar-refractivity contribution in [2.75, 3.05) is 20.2 Å². The lowest BCUT2D eigenvalue weighted by molar-refractivity contribution is 0.0591. The van der Waals surface area contributed by atoms with Crippen molar-refractivity contribution in [2.45, 2.75) is 18.9 Å². The molecule has 1 aliphatic heterocycles. The topological polar surface area (TPSA) is 51.7 Å². The maximum Gasteiger partial charge on any atom is 0.253 e. The number of hydrogen-bond acceptors (Lipinski definition) is 5. The van der Waals surface area contributed by atoms with Gasteiger partial charge in [0.15, 0.2) is 11.5 Å². The molecule has 0 spiro atoms. The minimum atomic E-state index is 0.0797. The maximum atomic E-state index is 12.8. The zero-order valence-corrected chi connectivity index (χ0v) is 15.4. The van der Waals surface area contributed by atoms with Gasteiger partial charge in [-0.05, 0) is 30.3 Å². The van der Waals surface area contributed by atoms with Gasteiger partial charge in [0, 0.05) is 31.5 Å². The Morgan fingerprint density at radius 1 is 1.15 bits per heavy atom. The minimum absolute atomic E-state index is 0.0797. The van der Waals surface area contributed by atoms with Gasteiger partial charge in [-0.1, -0.05) is 12.1 Å². The fourth-order valence-electron chi connectivity index (χ4n) is 3.24. The molecule has 0 saturated carbocycles. The van der Waals surface area contributed by atoms with Crippen molar-refractivity contribution < 1.29 is 14.3 Å². The normalized spacial score (nSPS) is 15.2. The van der Waals surface area contributed by atoms with E-state index in [-0.39, 0.29) is 12.0 Å². The van der Waals surface area contributed by atoms with Gasteiger partial charge in [-0.15, -0.1) is 11.3 Å². The predicted octanol–water partition coefficient (Wildman–Crippen LogP) is 3.99. The predicted molar refractivity (Wildman–Crippen MR) is 102 cm³/mol. The Morgan fingerprint density at radius 2 is 1.92 bits per heavy atom. The van der Waals surface area contributed by atoms with Gasteiger partial charge in [0.25, 0.3) is 5.91 Å². The largest absolute Gasteiger partial charge is 0.493 e. The zero-order chi connectivity index (χ0) is 17.9. The minimum Gasteiger partial charge on any atom is -0.493 e. The molecule has 1 saturated heterocycles. The van der Waals surface area contributed by atoms with Gasteiger partial charge < -0.3 is 14.4 Å². The average Bonchev–Trinajstić information content (AvgIpc) is 3.16. The van der Waals surface area contributed by atoms with Crippen LogP contribution in [0.25, 0.3) is 10.2 Å². The summed E-state index contributed by atoms with van der Waals surface area (Å²) < 4.78 is 12.5. The van der Waals surface area contributed by atoms with E-state index < -0.39 is 0 Å². The van der Waals surface area contributed by atoms with Crippen LogP contribution in [0.5, 0.6) is 11.5 Å². The Hall–Kier alpha value is -2.60. The second-order valence-electron chi connectivity index (χ2n) is 6.30. The number of fused-ring (bicyclic) bond motifs is 1. The highest BCUT2D eigenvalue weighted by molar-refractivity contribution is 7.16. The van der Waals surface area contributed by atoms with E-state index in [0.29, 0.717) is 13.1 Å². The molecule has 0 bridgehead atoms. The average molecular weight is 368 g/mol. The van der Waals surface area contributed by atoms with Gasteiger partial charge in [-0.3, -0.25) is 4.79 Å². The van der Waals surface area contributed by atoms with E-state index in [1.54, 1.807) is 24.0 Å². The molecule has 4 rings (SSSR count). The molecule has 3 aromatic rings. The first-order valence-corrected chi connectivity index (χ1v) is 9.55. The number of carbonyl (C=O) groups is 1. The van der Waals surface area contributed by atoms with Crippen LogP contribution in [0.4, 0.5) is 0 Å². The number of ether oxygens (including phenoxy) is 2. The van der Waals surface area contributed by atoms with E-state index in [9.17, 15) is 4.79 Å². The number of para-hydroxylation sites is 2. The molecule has 1 aliphatic rings. The number of rotatable bonds is 4. The quantitative estimate of drug-likeness (QED) is 0.699. The van der Waals surface area contributed by atoms with E-state index in [1.165, 1.54) is 0 Å². The Balaban J connectivity index is 1.39. The highest BCUT2D eigenvalue weighted by Gasteiger charge is 2.25. The van der Waals surface area contributed by atoms with Crippen LogP contribution >= 0.6 is 11.3 Å². The molecule has 26 heavy (non-hydrogen) atoms. The van der Waals surface area contributed by atoms with Crippen molar-refractivity contribution in [3.8, 4) is 11.5 Å². The third-order valence-electron chi connectivity index (χ3n) is 4.67. The van der Waals surface area contributed by atoms with Gasteiger partial charge >= 0.3 is 0 Å². The van der Waals surface area contributed by atoms with Gasteiger partial charge in [0.2, 0.25) is 0 Å². The lowest BCUT2D eigenvalue weighted by atomic mass is 10.1. The molecule has 2 heterocycles. The van der Waals surface area contributed by atoms with Crippen molar-refractivity contribution in [2.24, 2.45) is 0 Å².